The largest absolute Gasteiger partial charge is 0.385 e. The fraction of sp³-hybridized carbons (Fsp3) is 0.357. The monoisotopic (exact) mass is 228 g/mol. The molecule has 1 aromatic heterocycles. The lowest BCUT2D eigenvalue weighted by atomic mass is 9.78. The fourth-order valence-electron chi connectivity index (χ4n) is 2.75. The molecule has 1 aliphatic carbocycles. The van der Waals surface area contributed by atoms with Crippen molar-refractivity contribution in [3.05, 3.63) is 40.7 Å². The van der Waals surface area contributed by atoms with Gasteiger partial charge in [0.25, 0.3) is 5.56 Å². The minimum absolute atomic E-state index is 0.0443. The molecule has 1 saturated carbocycles. The average molecular weight is 228 g/mol. The van der Waals surface area contributed by atoms with Crippen molar-refractivity contribution in [2.24, 2.45) is 0 Å². The van der Waals surface area contributed by atoms with E-state index in [1.165, 1.54) is 6.42 Å². The van der Waals surface area contributed by atoms with E-state index in [0.29, 0.717) is 5.82 Å². The van der Waals surface area contributed by atoms with Crippen molar-refractivity contribution in [2.75, 3.05) is 5.73 Å². The highest BCUT2D eigenvalue weighted by Gasteiger charge is 2.35. The maximum absolute atomic E-state index is 12.5. The van der Waals surface area contributed by atoms with Crippen LogP contribution in [0.15, 0.2) is 35.1 Å². The lowest BCUT2D eigenvalue weighted by Gasteiger charge is -2.41. The second kappa shape index (κ2) is 3.36. The van der Waals surface area contributed by atoms with Crippen LogP contribution in [0.5, 0.6) is 0 Å². The van der Waals surface area contributed by atoms with Crippen LogP contribution in [0.25, 0.3) is 10.8 Å². The average Bonchev–Trinajstić information content (AvgIpc) is 2.26. The van der Waals surface area contributed by atoms with Gasteiger partial charge in [-0.1, -0.05) is 18.2 Å². The van der Waals surface area contributed by atoms with E-state index >= 15 is 0 Å². The first kappa shape index (κ1) is 10.4. The van der Waals surface area contributed by atoms with Gasteiger partial charge in [-0.3, -0.25) is 9.36 Å². The minimum Gasteiger partial charge on any atom is -0.385 e. The Hall–Kier alpha value is -1.77. The minimum atomic E-state index is -0.0782. The Kier molecular flexibility index (Phi) is 2.05. The van der Waals surface area contributed by atoms with Gasteiger partial charge in [0.2, 0.25) is 0 Å². The molecule has 0 radical (unpaired) electrons. The van der Waals surface area contributed by atoms with Crippen LogP contribution in [-0.4, -0.2) is 4.57 Å². The van der Waals surface area contributed by atoms with Crippen molar-refractivity contribution in [3.8, 4) is 0 Å². The molecule has 0 atom stereocenters. The zero-order valence-electron chi connectivity index (χ0n) is 9.94. The molecule has 0 saturated heterocycles. The number of anilines is 1. The third-order valence-electron chi connectivity index (χ3n) is 3.93. The summed E-state index contributed by atoms with van der Waals surface area (Å²) >= 11 is 0. The smallest absolute Gasteiger partial charge is 0.260 e. The first-order chi connectivity index (χ1) is 8.12. The van der Waals surface area contributed by atoms with Gasteiger partial charge in [-0.15, -0.1) is 0 Å². The predicted molar refractivity (Wildman–Crippen MR) is 70.1 cm³/mol. The van der Waals surface area contributed by atoms with Gasteiger partial charge >= 0.3 is 0 Å². The lowest BCUT2D eigenvalue weighted by Crippen LogP contribution is -2.44. The molecule has 1 heterocycles. The summed E-state index contributed by atoms with van der Waals surface area (Å²) < 4.78 is 1.78. The van der Waals surface area contributed by atoms with E-state index in [9.17, 15) is 4.79 Å². The number of nitrogens with two attached hydrogens (primary N) is 1. The predicted octanol–water partition coefficient (Wildman–Crippen LogP) is 2.48. The van der Waals surface area contributed by atoms with E-state index in [4.69, 9.17) is 5.73 Å². The second-order valence-corrected chi connectivity index (χ2v) is 5.15. The molecule has 0 spiro atoms. The summed E-state index contributed by atoms with van der Waals surface area (Å²) in [4.78, 5) is 12.5. The quantitative estimate of drug-likeness (QED) is 0.815. The molecule has 88 valence electrons. The van der Waals surface area contributed by atoms with Crippen molar-refractivity contribution >= 4 is 16.6 Å². The summed E-state index contributed by atoms with van der Waals surface area (Å²) in [6.07, 6.45) is 3.25. The van der Waals surface area contributed by atoms with E-state index in [1.807, 2.05) is 30.3 Å². The summed E-state index contributed by atoms with van der Waals surface area (Å²) in [7, 11) is 0. The van der Waals surface area contributed by atoms with Crippen LogP contribution >= 0.6 is 0 Å². The SMILES string of the molecule is CC1(n2c(N)cc3ccccc3c2=O)CCC1. The Balaban J connectivity index is 2.36. The first-order valence-corrected chi connectivity index (χ1v) is 6.03. The van der Waals surface area contributed by atoms with Gasteiger partial charge in [0.05, 0.1) is 0 Å². The standard InChI is InChI=1S/C14H16N2O/c1-14(7-4-8-14)16-12(15)9-10-5-2-3-6-11(10)13(16)17/h2-3,5-6,9H,4,7-8,15H2,1H3. The van der Waals surface area contributed by atoms with Gasteiger partial charge in [-0.05, 0) is 43.7 Å². The van der Waals surface area contributed by atoms with E-state index in [2.05, 4.69) is 6.92 Å². The van der Waals surface area contributed by atoms with E-state index in [1.54, 1.807) is 4.57 Å². The normalized spacial score (nSPS) is 17.9. The molecule has 1 fully saturated rings. The molecule has 2 N–H and O–H groups in total. The summed E-state index contributed by atoms with van der Waals surface area (Å²) in [5.74, 6) is 0.580. The zero-order chi connectivity index (χ0) is 12.0. The van der Waals surface area contributed by atoms with E-state index < -0.39 is 0 Å². The van der Waals surface area contributed by atoms with Gasteiger partial charge < -0.3 is 5.73 Å². The fourth-order valence-corrected chi connectivity index (χ4v) is 2.75. The molecule has 3 rings (SSSR count). The first-order valence-electron chi connectivity index (χ1n) is 6.03. The molecular weight excluding hydrogens is 212 g/mol. The summed E-state index contributed by atoms with van der Waals surface area (Å²) in [5.41, 5.74) is 6.01. The maximum Gasteiger partial charge on any atom is 0.260 e. The Labute approximate surface area is 99.9 Å². The van der Waals surface area contributed by atoms with Gasteiger partial charge in [0, 0.05) is 10.9 Å². The molecule has 0 aliphatic heterocycles. The Morgan fingerprint density at radius 1 is 1.29 bits per heavy atom. The van der Waals surface area contributed by atoms with Gasteiger partial charge in [0.15, 0.2) is 0 Å². The molecule has 2 aromatic rings. The van der Waals surface area contributed by atoms with E-state index in [0.717, 1.165) is 23.6 Å². The molecule has 0 unspecified atom stereocenters. The molecular formula is C14H16N2O. The molecule has 3 heteroatoms. The van der Waals surface area contributed by atoms with Gasteiger partial charge in [-0.2, -0.15) is 0 Å². The summed E-state index contributed by atoms with van der Waals surface area (Å²) in [6, 6.07) is 9.53. The number of rotatable bonds is 1. The Morgan fingerprint density at radius 2 is 2.00 bits per heavy atom. The second-order valence-electron chi connectivity index (χ2n) is 5.15. The Morgan fingerprint density at radius 3 is 2.65 bits per heavy atom. The number of aromatic nitrogens is 1. The van der Waals surface area contributed by atoms with Crippen LogP contribution in [0.2, 0.25) is 0 Å². The van der Waals surface area contributed by atoms with Crippen LogP contribution < -0.4 is 11.3 Å². The maximum atomic E-state index is 12.5. The number of nitrogens with zero attached hydrogens (tertiary/aromatic N) is 1. The number of pyridine rings is 1. The number of hydrogen-bond donors (Lipinski definition) is 1. The molecule has 0 bridgehead atoms. The van der Waals surface area contributed by atoms with Crippen molar-refractivity contribution < 1.29 is 0 Å². The van der Waals surface area contributed by atoms with Gasteiger partial charge in [-0.25, -0.2) is 0 Å². The highest BCUT2D eigenvalue weighted by Crippen LogP contribution is 2.39. The van der Waals surface area contributed by atoms with Crippen molar-refractivity contribution in [3.63, 3.8) is 0 Å². The molecule has 0 amide bonds. The third kappa shape index (κ3) is 1.38. The highest BCUT2D eigenvalue weighted by atomic mass is 16.1. The van der Waals surface area contributed by atoms with Gasteiger partial charge in [0.1, 0.15) is 5.82 Å². The number of nitrogen functional groups attached to an aromatic ring is 1. The molecule has 1 aliphatic rings. The van der Waals surface area contributed by atoms with Crippen LogP contribution in [0.4, 0.5) is 5.82 Å². The summed E-state index contributed by atoms with van der Waals surface area (Å²) in [5, 5.41) is 1.68. The van der Waals surface area contributed by atoms with Crippen molar-refractivity contribution in [1.82, 2.24) is 4.57 Å². The van der Waals surface area contributed by atoms with Crippen LogP contribution in [0.3, 0.4) is 0 Å². The summed E-state index contributed by atoms with van der Waals surface area (Å²) in [6.45, 7) is 2.11. The molecule has 17 heavy (non-hydrogen) atoms. The number of fused-ring (bicyclic) bond motifs is 1. The van der Waals surface area contributed by atoms with Crippen LogP contribution in [-0.2, 0) is 5.54 Å². The zero-order valence-corrected chi connectivity index (χ0v) is 9.94. The van der Waals surface area contributed by atoms with Crippen LogP contribution in [0.1, 0.15) is 26.2 Å². The number of hydrogen-bond acceptors (Lipinski definition) is 2. The third-order valence-corrected chi connectivity index (χ3v) is 3.93. The lowest BCUT2D eigenvalue weighted by molar-refractivity contribution is 0.167. The number of benzene rings is 1. The molecule has 1 aromatic carbocycles. The Bertz CT molecular complexity index is 638. The van der Waals surface area contributed by atoms with Crippen molar-refractivity contribution in [2.45, 2.75) is 31.7 Å². The van der Waals surface area contributed by atoms with E-state index in [-0.39, 0.29) is 11.1 Å². The topological polar surface area (TPSA) is 48.0 Å². The highest BCUT2D eigenvalue weighted by molar-refractivity contribution is 5.83. The molecule has 3 nitrogen and oxygen atoms in total. The van der Waals surface area contributed by atoms with Crippen LogP contribution in [0, 0.1) is 0 Å². The van der Waals surface area contributed by atoms with Crippen molar-refractivity contribution in [1.29, 1.82) is 0 Å².